The Morgan fingerprint density at radius 2 is 2.06 bits per heavy atom. The SMILES string of the molecule is Cc1cnc2c(c1)CN(CCn1c(=O)n(C)n3c4c(-c5nccs5)ncnc4nc13)CC2. The molecule has 0 spiro atoms. The van der Waals surface area contributed by atoms with Crippen LogP contribution in [0, 0.1) is 6.92 Å². The molecule has 162 valence electrons. The van der Waals surface area contributed by atoms with Crippen molar-refractivity contribution in [2.45, 2.75) is 26.4 Å². The molecule has 10 nitrogen and oxygen atoms in total. The van der Waals surface area contributed by atoms with Crippen LogP contribution in [-0.4, -0.2) is 56.7 Å². The summed E-state index contributed by atoms with van der Waals surface area (Å²) < 4.78 is 5.09. The molecule has 1 aliphatic rings. The van der Waals surface area contributed by atoms with E-state index in [4.69, 9.17) is 0 Å². The molecule has 0 saturated heterocycles. The maximum atomic E-state index is 13.1. The van der Waals surface area contributed by atoms with Crippen LogP contribution in [-0.2, 0) is 26.6 Å². The average Bonchev–Trinajstić information content (AvgIpc) is 3.50. The minimum absolute atomic E-state index is 0.113. The lowest BCUT2D eigenvalue weighted by atomic mass is 10.0. The summed E-state index contributed by atoms with van der Waals surface area (Å²) in [6.45, 7) is 5.13. The van der Waals surface area contributed by atoms with Crippen molar-refractivity contribution >= 4 is 28.3 Å². The van der Waals surface area contributed by atoms with Crippen LogP contribution in [0.25, 0.3) is 27.6 Å². The number of rotatable bonds is 4. The van der Waals surface area contributed by atoms with Crippen LogP contribution >= 0.6 is 11.3 Å². The van der Waals surface area contributed by atoms with E-state index in [0.29, 0.717) is 29.2 Å². The summed E-state index contributed by atoms with van der Waals surface area (Å²) in [5, 5.41) is 2.68. The number of pyridine rings is 1. The van der Waals surface area contributed by atoms with E-state index in [9.17, 15) is 4.79 Å². The molecule has 0 aromatic carbocycles. The Morgan fingerprint density at radius 3 is 2.91 bits per heavy atom. The molecule has 5 aromatic rings. The standard InChI is InChI=1S/C21H21N9OS/c1-13-9-14-11-28(5-3-15(14)23-10-13)6-7-29-20-26-18-17(30(20)27(2)21(29)31)16(24-12-25-18)19-22-4-8-32-19/h4,8-10,12H,3,5-7,11H2,1-2H3. The van der Waals surface area contributed by atoms with Gasteiger partial charge in [-0.2, -0.15) is 4.98 Å². The van der Waals surface area contributed by atoms with E-state index in [1.54, 1.807) is 27.0 Å². The van der Waals surface area contributed by atoms with Gasteiger partial charge in [-0.15, -0.1) is 11.3 Å². The summed E-state index contributed by atoms with van der Waals surface area (Å²) in [6, 6.07) is 2.21. The molecule has 11 heteroatoms. The van der Waals surface area contributed by atoms with Crippen molar-refractivity contribution in [2.24, 2.45) is 7.05 Å². The maximum Gasteiger partial charge on any atom is 0.345 e. The highest BCUT2D eigenvalue weighted by Crippen LogP contribution is 2.27. The first-order valence-electron chi connectivity index (χ1n) is 10.5. The van der Waals surface area contributed by atoms with Crippen LogP contribution in [0.15, 0.2) is 35.0 Å². The number of fused-ring (bicyclic) bond motifs is 4. The van der Waals surface area contributed by atoms with Crippen LogP contribution in [0.5, 0.6) is 0 Å². The second kappa shape index (κ2) is 7.31. The van der Waals surface area contributed by atoms with Gasteiger partial charge in [0.05, 0.1) is 0 Å². The van der Waals surface area contributed by atoms with E-state index in [0.717, 1.165) is 31.1 Å². The average molecular weight is 448 g/mol. The Labute approximate surface area is 186 Å². The van der Waals surface area contributed by atoms with Gasteiger partial charge in [-0.3, -0.25) is 14.5 Å². The molecule has 6 heterocycles. The lowest BCUT2D eigenvalue weighted by molar-refractivity contribution is 0.241. The van der Waals surface area contributed by atoms with Gasteiger partial charge in [0.25, 0.3) is 0 Å². The quantitative estimate of drug-likeness (QED) is 0.413. The first kappa shape index (κ1) is 19.3. The zero-order valence-corrected chi connectivity index (χ0v) is 18.6. The van der Waals surface area contributed by atoms with Crippen molar-refractivity contribution in [2.75, 3.05) is 13.1 Å². The number of nitrogens with zero attached hydrogens (tertiary/aromatic N) is 9. The fourth-order valence-corrected chi connectivity index (χ4v) is 5.06. The van der Waals surface area contributed by atoms with E-state index in [1.807, 2.05) is 11.6 Å². The third-order valence-electron chi connectivity index (χ3n) is 5.99. The van der Waals surface area contributed by atoms with Gasteiger partial charge in [-0.1, -0.05) is 6.07 Å². The molecule has 0 amide bonds. The van der Waals surface area contributed by atoms with E-state index < -0.39 is 0 Å². The van der Waals surface area contributed by atoms with Crippen molar-refractivity contribution in [3.05, 3.63) is 57.5 Å². The predicted molar refractivity (Wildman–Crippen MR) is 121 cm³/mol. The van der Waals surface area contributed by atoms with E-state index in [-0.39, 0.29) is 5.69 Å². The number of thiazole rings is 1. The highest BCUT2D eigenvalue weighted by molar-refractivity contribution is 7.13. The van der Waals surface area contributed by atoms with E-state index >= 15 is 0 Å². The second-order valence-corrected chi connectivity index (χ2v) is 8.95. The molecule has 32 heavy (non-hydrogen) atoms. The number of imidazole rings is 1. The summed E-state index contributed by atoms with van der Waals surface area (Å²) in [4.78, 5) is 37.9. The Bertz CT molecular complexity index is 1510. The predicted octanol–water partition coefficient (Wildman–Crippen LogP) is 1.66. The Kier molecular flexibility index (Phi) is 4.40. The van der Waals surface area contributed by atoms with Gasteiger partial charge in [0, 0.05) is 63.1 Å². The number of hydrogen-bond acceptors (Lipinski definition) is 8. The zero-order chi connectivity index (χ0) is 21.8. The van der Waals surface area contributed by atoms with Gasteiger partial charge in [-0.05, 0) is 18.1 Å². The lowest BCUT2D eigenvalue weighted by Crippen LogP contribution is -2.35. The molecule has 0 saturated carbocycles. The number of hydrogen-bond donors (Lipinski definition) is 0. The van der Waals surface area contributed by atoms with Crippen LogP contribution < -0.4 is 5.69 Å². The summed E-state index contributed by atoms with van der Waals surface area (Å²) >= 11 is 1.50. The molecular weight excluding hydrogens is 426 g/mol. The van der Waals surface area contributed by atoms with Crippen molar-refractivity contribution in [1.29, 1.82) is 0 Å². The van der Waals surface area contributed by atoms with Gasteiger partial charge in [0.2, 0.25) is 5.78 Å². The van der Waals surface area contributed by atoms with Crippen molar-refractivity contribution in [1.82, 2.24) is 43.6 Å². The third kappa shape index (κ3) is 2.96. The minimum Gasteiger partial charge on any atom is -0.297 e. The van der Waals surface area contributed by atoms with E-state index in [1.165, 1.54) is 34.5 Å². The Morgan fingerprint density at radius 1 is 1.16 bits per heavy atom. The molecular formula is C21H21N9OS. The van der Waals surface area contributed by atoms with Gasteiger partial charge in [-0.25, -0.2) is 28.9 Å². The Hall–Kier alpha value is -3.44. The zero-order valence-electron chi connectivity index (χ0n) is 17.8. The fraction of sp³-hybridized carbons (Fsp3) is 0.333. The van der Waals surface area contributed by atoms with Gasteiger partial charge in [0.15, 0.2) is 5.65 Å². The molecule has 0 atom stereocenters. The Balaban J connectivity index is 1.36. The molecule has 1 aliphatic heterocycles. The fourth-order valence-electron chi connectivity index (χ4n) is 4.42. The molecule has 5 aromatic heterocycles. The monoisotopic (exact) mass is 447 g/mol. The second-order valence-electron chi connectivity index (χ2n) is 8.06. The molecule has 0 aliphatic carbocycles. The molecule has 0 fully saturated rings. The van der Waals surface area contributed by atoms with Crippen LogP contribution in [0.2, 0.25) is 0 Å². The summed E-state index contributed by atoms with van der Waals surface area (Å²) in [5.41, 5.74) is 5.45. The smallest absolute Gasteiger partial charge is 0.297 e. The van der Waals surface area contributed by atoms with E-state index in [2.05, 4.69) is 42.8 Å². The maximum absolute atomic E-state index is 13.1. The highest BCUT2D eigenvalue weighted by Gasteiger charge is 2.23. The molecule has 0 unspecified atom stereocenters. The third-order valence-corrected chi connectivity index (χ3v) is 6.77. The molecule has 0 radical (unpaired) electrons. The topological polar surface area (TPSA) is 99.0 Å². The molecule has 0 N–H and O–H groups in total. The van der Waals surface area contributed by atoms with Gasteiger partial charge in [0.1, 0.15) is 22.5 Å². The van der Waals surface area contributed by atoms with Crippen LogP contribution in [0.1, 0.15) is 16.8 Å². The van der Waals surface area contributed by atoms with Crippen molar-refractivity contribution in [3.8, 4) is 10.7 Å². The number of aryl methyl sites for hydroxylation is 2. The van der Waals surface area contributed by atoms with Crippen LogP contribution in [0.3, 0.4) is 0 Å². The van der Waals surface area contributed by atoms with Gasteiger partial charge < -0.3 is 0 Å². The normalized spacial score (nSPS) is 14.4. The highest BCUT2D eigenvalue weighted by atomic mass is 32.1. The lowest BCUT2D eigenvalue weighted by Gasteiger charge is -2.28. The minimum atomic E-state index is -0.113. The first-order valence-corrected chi connectivity index (χ1v) is 11.3. The summed E-state index contributed by atoms with van der Waals surface area (Å²) in [5.74, 6) is 0.570. The van der Waals surface area contributed by atoms with Gasteiger partial charge >= 0.3 is 5.69 Å². The largest absolute Gasteiger partial charge is 0.345 e. The number of aromatic nitrogens is 8. The summed E-state index contributed by atoms with van der Waals surface area (Å²) in [6.07, 6.45) is 6.09. The summed E-state index contributed by atoms with van der Waals surface area (Å²) in [7, 11) is 1.75. The molecule has 6 rings (SSSR count). The van der Waals surface area contributed by atoms with Crippen molar-refractivity contribution in [3.63, 3.8) is 0 Å². The molecule has 0 bridgehead atoms. The van der Waals surface area contributed by atoms with Crippen molar-refractivity contribution < 1.29 is 0 Å². The first-order chi connectivity index (χ1) is 15.6. The van der Waals surface area contributed by atoms with Crippen LogP contribution in [0.4, 0.5) is 0 Å².